The molecular formula is C16H23N5O. The van der Waals surface area contributed by atoms with Gasteiger partial charge in [0.1, 0.15) is 0 Å². The normalized spacial score (nSPS) is 10.3. The van der Waals surface area contributed by atoms with Crippen LogP contribution in [-0.2, 0) is 20.0 Å². The quantitative estimate of drug-likeness (QED) is 0.850. The van der Waals surface area contributed by atoms with Gasteiger partial charge in [-0.1, -0.05) is 12.1 Å². The molecule has 2 rings (SSSR count). The molecule has 118 valence electrons. The van der Waals surface area contributed by atoms with Crippen molar-refractivity contribution in [2.45, 2.75) is 13.0 Å². The molecule has 0 aliphatic heterocycles. The molecule has 0 saturated heterocycles. The van der Waals surface area contributed by atoms with Crippen LogP contribution in [0.3, 0.4) is 0 Å². The average molecular weight is 301 g/mol. The van der Waals surface area contributed by atoms with Gasteiger partial charge in [-0.15, -0.1) is 0 Å². The monoisotopic (exact) mass is 301 g/mol. The van der Waals surface area contributed by atoms with Crippen LogP contribution >= 0.6 is 0 Å². The van der Waals surface area contributed by atoms with Crippen LogP contribution in [0.25, 0.3) is 0 Å². The van der Waals surface area contributed by atoms with Crippen LogP contribution in [0, 0.1) is 0 Å². The Morgan fingerprint density at radius 3 is 2.77 bits per heavy atom. The summed E-state index contributed by atoms with van der Waals surface area (Å²) in [6.07, 6.45) is 2.52. The highest BCUT2D eigenvalue weighted by molar-refractivity contribution is 5.73. The predicted octanol–water partition coefficient (Wildman–Crippen LogP) is 1.53. The third kappa shape index (κ3) is 4.51. The van der Waals surface area contributed by atoms with Crippen LogP contribution < -0.4 is 15.5 Å². The van der Waals surface area contributed by atoms with E-state index >= 15 is 0 Å². The van der Waals surface area contributed by atoms with Gasteiger partial charge in [-0.05, 0) is 23.8 Å². The minimum atomic E-state index is -0.155. The summed E-state index contributed by atoms with van der Waals surface area (Å²) in [4.78, 5) is 13.8. The molecule has 1 aromatic carbocycles. The highest BCUT2D eigenvalue weighted by atomic mass is 16.2. The number of amides is 2. The molecule has 0 saturated carbocycles. The molecule has 0 aliphatic carbocycles. The summed E-state index contributed by atoms with van der Waals surface area (Å²) in [5, 5.41) is 9.82. The van der Waals surface area contributed by atoms with Gasteiger partial charge in [-0.25, -0.2) is 4.79 Å². The van der Waals surface area contributed by atoms with E-state index in [9.17, 15) is 4.79 Å². The summed E-state index contributed by atoms with van der Waals surface area (Å²) in [5.41, 5.74) is 3.29. The van der Waals surface area contributed by atoms with Crippen molar-refractivity contribution < 1.29 is 4.79 Å². The van der Waals surface area contributed by atoms with Crippen molar-refractivity contribution in [2.75, 3.05) is 25.5 Å². The molecule has 2 amide bonds. The lowest BCUT2D eigenvalue weighted by Crippen LogP contribution is -2.36. The number of carbonyl (C=O) groups excluding carboxylic acids is 1. The molecule has 0 fully saturated rings. The summed E-state index contributed by atoms with van der Waals surface area (Å²) in [6, 6.07) is 9.90. The van der Waals surface area contributed by atoms with Gasteiger partial charge in [0.2, 0.25) is 0 Å². The third-order valence-corrected chi connectivity index (χ3v) is 3.47. The first-order chi connectivity index (χ1) is 10.6. The van der Waals surface area contributed by atoms with E-state index in [2.05, 4.69) is 21.8 Å². The molecule has 0 spiro atoms. The fraction of sp³-hybridized carbons (Fsp3) is 0.375. The maximum atomic E-state index is 11.8. The van der Waals surface area contributed by atoms with Gasteiger partial charge < -0.3 is 15.5 Å². The molecule has 1 aromatic heterocycles. The second-order valence-electron chi connectivity index (χ2n) is 5.37. The number of anilines is 1. The van der Waals surface area contributed by atoms with Crippen LogP contribution in [-0.4, -0.2) is 36.5 Å². The number of hydrogen-bond donors (Lipinski definition) is 2. The lowest BCUT2D eigenvalue weighted by atomic mass is 10.2. The van der Waals surface area contributed by atoms with Gasteiger partial charge in [0.15, 0.2) is 0 Å². The van der Waals surface area contributed by atoms with E-state index in [1.165, 1.54) is 0 Å². The smallest absolute Gasteiger partial charge is 0.315 e. The van der Waals surface area contributed by atoms with Gasteiger partial charge in [0, 0.05) is 58.2 Å². The largest absolute Gasteiger partial charge is 0.378 e. The number of urea groups is 1. The number of aromatic nitrogens is 2. The summed E-state index contributed by atoms with van der Waals surface area (Å²) >= 11 is 0. The molecule has 22 heavy (non-hydrogen) atoms. The van der Waals surface area contributed by atoms with Gasteiger partial charge in [0.25, 0.3) is 0 Å². The van der Waals surface area contributed by atoms with E-state index in [1.54, 1.807) is 6.20 Å². The average Bonchev–Trinajstić information content (AvgIpc) is 2.91. The fourth-order valence-electron chi connectivity index (χ4n) is 2.14. The topological polar surface area (TPSA) is 62.2 Å². The molecule has 0 radical (unpaired) electrons. The first-order valence-electron chi connectivity index (χ1n) is 7.31. The fourth-order valence-corrected chi connectivity index (χ4v) is 2.14. The van der Waals surface area contributed by atoms with Crippen LogP contribution in [0.2, 0.25) is 0 Å². The Kier molecular flexibility index (Phi) is 5.41. The second kappa shape index (κ2) is 7.49. The van der Waals surface area contributed by atoms with Gasteiger partial charge in [-0.3, -0.25) is 4.68 Å². The molecular weight excluding hydrogens is 278 g/mol. The molecule has 2 N–H and O–H groups in total. The van der Waals surface area contributed by atoms with Crippen molar-refractivity contribution in [1.29, 1.82) is 0 Å². The lowest BCUT2D eigenvalue weighted by molar-refractivity contribution is 0.240. The second-order valence-corrected chi connectivity index (χ2v) is 5.37. The maximum Gasteiger partial charge on any atom is 0.315 e. The van der Waals surface area contributed by atoms with Crippen LogP contribution in [0.1, 0.15) is 11.3 Å². The van der Waals surface area contributed by atoms with Crippen molar-refractivity contribution in [2.24, 2.45) is 7.05 Å². The molecule has 1 heterocycles. The minimum Gasteiger partial charge on any atom is -0.378 e. The Morgan fingerprint density at radius 1 is 1.27 bits per heavy atom. The number of nitrogens with zero attached hydrogens (tertiary/aromatic N) is 3. The van der Waals surface area contributed by atoms with E-state index in [0.29, 0.717) is 13.1 Å². The van der Waals surface area contributed by atoms with Crippen molar-refractivity contribution in [3.8, 4) is 0 Å². The number of nitrogens with one attached hydrogen (secondary N) is 2. The highest BCUT2D eigenvalue weighted by Gasteiger charge is 2.03. The Morgan fingerprint density at radius 2 is 2.09 bits per heavy atom. The lowest BCUT2D eigenvalue weighted by Gasteiger charge is -2.14. The number of rotatable bonds is 6. The number of aryl methyl sites for hydroxylation is 1. The van der Waals surface area contributed by atoms with E-state index in [1.807, 2.05) is 55.0 Å². The molecule has 0 aliphatic rings. The predicted molar refractivity (Wildman–Crippen MR) is 87.9 cm³/mol. The van der Waals surface area contributed by atoms with Crippen LogP contribution in [0.15, 0.2) is 36.5 Å². The third-order valence-electron chi connectivity index (χ3n) is 3.47. The minimum absolute atomic E-state index is 0.155. The van der Waals surface area contributed by atoms with Gasteiger partial charge in [-0.2, -0.15) is 5.10 Å². The highest BCUT2D eigenvalue weighted by Crippen LogP contribution is 2.12. The molecule has 0 bridgehead atoms. The van der Waals surface area contributed by atoms with Crippen molar-refractivity contribution in [3.05, 3.63) is 47.8 Å². The Bertz CT molecular complexity index is 621. The molecule has 2 aromatic rings. The van der Waals surface area contributed by atoms with E-state index in [-0.39, 0.29) is 6.03 Å². The molecule has 6 nitrogen and oxygen atoms in total. The van der Waals surface area contributed by atoms with Crippen LogP contribution in [0.4, 0.5) is 10.5 Å². The zero-order valence-electron chi connectivity index (χ0n) is 13.3. The summed E-state index contributed by atoms with van der Waals surface area (Å²) in [7, 11) is 5.89. The Balaban J connectivity index is 1.73. The maximum absolute atomic E-state index is 11.8. The van der Waals surface area contributed by atoms with E-state index in [0.717, 1.165) is 23.4 Å². The first kappa shape index (κ1) is 15.9. The molecule has 6 heteroatoms. The van der Waals surface area contributed by atoms with Gasteiger partial charge in [0.05, 0.1) is 0 Å². The first-order valence-corrected chi connectivity index (χ1v) is 7.31. The summed E-state index contributed by atoms with van der Waals surface area (Å²) in [6.45, 7) is 1.10. The number of carbonyl (C=O) groups is 1. The van der Waals surface area contributed by atoms with Gasteiger partial charge >= 0.3 is 6.03 Å². The number of hydrogen-bond acceptors (Lipinski definition) is 3. The zero-order valence-corrected chi connectivity index (χ0v) is 13.3. The van der Waals surface area contributed by atoms with E-state index in [4.69, 9.17) is 0 Å². The molecule has 0 atom stereocenters. The SMILES string of the molecule is CN(C)c1cccc(CNC(=O)NCCc2ccnn2C)c1. The summed E-state index contributed by atoms with van der Waals surface area (Å²) < 4.78 is 1.81. The Labute approximate surface area is 131 Å². The van der Waals surface area contributed by atoms with Crippen LogP contribution in [0.5, 0.6) is 0 Å². The van der Waals surface area contributed by atoms with Crippen molar-refractivity contribution in [1.82, 2.24) is 20.4 Å². The number of benzene rings is 1. The van der Waals surface area contributed by atoms with E-state index < -0.39 is 0 Å². The Hall–Kier alpha value is -2.50. The van der Waals surface area contributed by atoms with Crippen molar-refractivity contribution >= 4 is 11.7 Å². The summed E-state index contributed by atoms with van der Waals surface area (Å²) in [5.74, 6) is 0. The van der Waals surface area contributed by atoms with Crippen molar-refractivity contribution in [3.63, 3.8) is 0 Å². The standard InChI is InChI=1S/C16H23N5O/c1-20(2)15-6-4-5-13(11-15)12-18-16(22)17-9-7-14-8-10-19-21(14)3/h4-6,8,10-11H,7,9,12H2,1-3H3,(H2,17,18,22). The molecule has 0 unspecified atom stereocenters. The zero-order chi connectivity index (χ0) is 15.9.